The van der Waals surface area contributed by atoms with Crippen LogP contribution in [0, 0.1) is 0 Å². The summed E-state index contributed by atoms with van der Waals surface area (Å²) in [6.07, 6.45) is 0. The standard InChI is InChI=1S/8C2H4O2.Co.2Fe/c8*1-2(3)4;;;/h8*1H3,(H,3,4);;;/q;;;;;;;;+2;2*+3/p-8. The third kappa shape index (κ3) is 3700. The molecule has 0 aromatic carbocycles. The Hall–Kier alpha value is -2.69. The summed E-state index contributed by atoms with van der Waals surface area (Å²) in [6, 6.07) is 0. The SMILES string of the molecule is CC(=O)[O-].CC(=O)[O-].CC(=O)[O-].CC(=O)[O-].CC(=O)[O-].CC(=O)[O-].CC(=O)[O-].CC(=O)[O-].[Co+2].[Fe+3].[Fe+3]. The zero-order chi connectivity index (χ0) is 28.6. The van der Waals surface area contributed by atoms with Gasteiger partial charge in [0.2, 0.25) is 0 Å². The summed E-state index contributed by atoms with van der Waals surface area (Å²) in [5, 5.41) is 71.1. The van der Waals surface area contributed by atoms with Gasteiger partial charge in [0.15, 0.2) is 0 Å². The Balaban J connectivity index is -0.0000000206. The van der Waals surface area contributed by atoms with Crippen molar-refractivity contribution in [3.8, 4) is 0 Å². The van der Waals surface area contributed by atoms with Crippen LogP contribution in [0.15, 0.2) is 0 Å². The van der Waals surface area contributed by atoms with Gasteiger partial charge >= 0.3 is 50.9 Å². The van der Waals surface area contributed by atoms with E-state index in [0.717, 1.165) is 55.4 Å². The van der Waals surface area contributed by atoms with Crippen LogP contribution < -0.4 is 40.9 Å². The van der Waals surface area contributed by atoms with E-state index in [1.807, 2.05) is 0 Å². The van der Waals surface area contributed by atoms with Gasteiger partial charge in [-0.25, -0.2) is 0 Å². The van der Waals surface area contributed by atoms with Gasteiger partial charge in [-0.2, -0.15) is 0 Å². The van der Waals surface area contributed by atoms with Crippen LogP contribution in [0.1, 0.15) is 55.4 Å². The van der Waals surface area contributed by atoms with Crippen molar-refractivity contribution in [3.63, 3.8) is 0 Å². The monoisotopic (exact) mass is 643 g/mol. The van der Waals surface area contributed by atoms with Gasteiger partial charge in [-0.3, -0.25) is 0 Å². The fourth-order valence-corrected chi connectivity index (χ4v) is 0. The second-order valence-corrected chi connectivity index (χ2v) is 3.93. The Kier molecular flexibility index (Phi) is 126. The predicted octanol–water partition coefficient (Wildman–Crippen LogP) is -9.96. The molecule has 0 aliphatic heterocycles. The van der Waals surface area contributed by atoms with E-state index in [0.29, 0.717) is 0 Å². The normalized spacial score (nSPS) is 5.71. The second kappa shape index (κ2) is 63.3. The predicted molar refractivity (Wildman–Crippen MR) is 85.4 cm³/mol. The number of carbonyl (C=O) groups is 8. The van der Waals surface area contributed by atoms with Crippen LogP contribution in [0.3, 0.4) is 0 Å². The number of aliphatic carboxylic acids is 8. The van der Waals surface area contributed by atoms with Crippen molar-refractivity contribution in [2.75, 3.05) is 0 Å². The topological polar surface area (TPSA) is 321 Å². The van der Waals surface area contributed by atoms with Crippen LogP contribution in [0.5, 0.6) is 0 Å². The Morgan fingerprint density at radius 1 is 0.286 bits per heavy atom. The molecule has 0 unspecified atom stereocenters. The third-order valence-corrected chi connectivity index (χ3v) is 0. The molecule has 0 aliphatic carbocycles. The fraction of sp³-hybridized carbons (Fsp3) is 0.500. The minimum absolute atomic E-state index is 0. The fourth-order valence-electron chi connectivity index (χ4n) is 0. The van der Waals surface area contributed by atoms with Gasteiger partial charge in [-0.15, -0.1) is 0 Å². The molecule has 0 amide bonds. The zero-order valence-electron chi connectivity index (χ0n) is 19.6. The summed E-state index contributed by atoms with van der Waals surface area (Å²) in [7, 11) is 0. The molecule has 19 heteroatoms. The van der Waals surface area contributed by atoms with E-state index in [4.69, 9.17) is 79.2 Å². The van der Waals surface area contributed by atoms with E-state index >= 15 is 0 Å². The molecule has 0 heterocycles. The Bertz CT molecular complexity index is 378. The summed E-state index contributed by atoms with van der Waals surface area (Å²) >= 11 is 0. The van der Waals surface area contributed by atoms with Gasteiger partial charge < -0.3 is 79.2 Å². The van der Waals surface area contributed by atoms with Gasteiger partial charge in [-0.05, 0) is 55.4 Å². The summed E-state index contributed by atoms with van der Waals surface area (Å²) in [5.74, 6) is -8.67. The molecule has 0 saturated carbocycles. The number of carbonyl (C=O) groups excluding carboxylic acids is 8. The van der Waals surface area contributed by atoms with Crippen LogP contribution in [0.2, 0.25) is 0 Å². The van der Waals surface area contributed by atoms with Gasteiger partial charge in [0.1, 0.15) is 0 Å². The minimum Gasteiger partial charge on any atom is -0.550 e. The molecule has 0 N–H and O–H groups in total. The molecule has 16 nitrogen and oxygen atoms in total. The zero-order valence-corrected chi connectivity index (χ0v) is 22.8. The van der Waals surface area contributed by atoms with Crippen molar-refractivity contribution in [3.05, 3.63) is 0 Å². The number of carboxylic acids is 8. The largest absolute Gasteiger partial charge is 3.00 e. The molecule has 0 atom stereocenters. The molecule has 3 radical (unpaired) electrons. The first-order valence-corrected chi connectivity index (χ1v) is 7.27. The van der Waals surface area contributed by atoms with E-state index in [1.165, 1.54) is 0 Å². The van der Waals surface area contributed by atoms with Crippen LogP contribution in [0.25, 0.3) is 0 Å². The molecule has 35 heavy (non-hydrogen) atoms. The molecule has 0 saturated heterocycles. The van der Waals surface area contributed by atoms with Gasteiger partial charge in [0.05, 0.1) is 0 Å². The van der Waals surface area contributed by atoms with Gasteiger partial charge in [-0.1, -0.05) is 0 Å². The van der Waals surface area contributed by atoms with Crippen molar-refractivity contribution in [2.24, 2.45) is 0 Å². The molecule has 0 rings (SSSR count). The van der Waals surface area contributed by atoms with Crippen LogP contribution >= 0.6 is 0 Å². The maximum absolute atomic E-state index is 8.89. The molecule has 0 aromatic heterocycles. The van der Waals surface area contributed by atoms with E-state index < -0.39 is 47.8 Å². The van der Waals surface area contributed by atoms with Crippen LogP contribution in [0.4, 0.5) is 0 Å². The molecule has 0 aliphatic rings. The van der Waals surface area contributed by atoms with Gasteiger partial charge in [0, 0.05) is 47.8 Å². The summed E-state index contributed by atoms with van der Waals surface area (Å²) in [5.41, 5.74) is 0. The Morgan fingerprint density at radius 3 is 0.286 bits per heavy atom. The van der Waals surface area contributed by atoms with Gasteiger partial charge in [0.25, 0.3) is 0 Å². The second-order valence-electron chi connectivity index (χ2n) is 3.93. The minimum atomic E-state index is -1.08. The van der Waals surface area contributed by atoms with E-state index in [2.05, 4.69) is 0 Å². The molecular weight excluding hydrogens is 619 g/mol. The average Bonchev–Trinajstić information content (AvgIpc) is 2.30. The van der Waals surface area contributed by atoms with Crippen molar-refractivity contribution < 1.29 is 130 Å². The maximum atomic E-state index is 8.89. The molecule has 0 fully saturated rings. The average molecular weight is 643 g/mol. The first-order chi connectivity index (χ1) is 13.9. The van der Waals surface area contributed by atoms with E-state index in [1.54, 1.807) is 0 Å². The van der Waals surface area contributed by atoms with Crippen molar-refractivity contribution in [2.45, 2.75) is 55.4 Å². The number of rotatable bonds is 0. The van der Waals surface area contributed by atoms with E-state index in [-0.39, 0.29) is 50.9 Å². The first-order valence-electron chi connectivity index (χ1n) is 7.27. The maximum Gasteiger partial charge on any atom is 3.00 e. The Morgan fingerprint density at radius 2 is 0.286 bits per heavy atom. The molecule has 0 aromatic rings. The smallest absolute Gasteiger partial charge is 0.550 e. The Labute approximate surface area is 232 Å². The first kappa shape index (κ1) is 69.7. The molecule has 0 spiro atoms. The van der Waals surface area contributed by atoms with Crippen molar-refractivity contribution >= 4 is 47.8 Å². The third-order valence-electron chi connectivity index (χ3n) is 0. The number of carboxylic acid groups (broad SMARTS) is 8. The summed E-state index contributed by atoms with van der Waals surface area (Å²) in [4.78, 5) is 71.1. The molecular formula is C16H24CoFe2O16. The summed E-state index contributed by atoms with van der Waals surface area (Å²) < 4.78 is 0. The van der Waals surface area contributed by atoms with E-state index in [9.17, 15) is 0 Å². The van der Waals surface area contributed by atoms with Crippen LogP contribution in [-0.2, 0) is 89.3 Å². The molecule has 209 valence electrons. The number of hydrogen-bond acceptors (Lipinski definition) is 16. The summed E-state index contributed by atoms with van der Waals surface area (Å²) in [6.45, 7) is 7.78. The number of hydrogen-bond donors (Lipinski definition) is 0. The quantitative estimate of drug-likeness (QED) is 0.221. The van der Waals surface area contributed by atoms with Crippen molar-refractivity contribution in [1.82, 2.24) is 0 Å². The van der Waals surface area contributed by atoms with Crippen LogP contribution in [-0.4, -0.2) is 47.8 Å². The molecule has 0 bridgehead atoms. The van der Waals surface area contributed by atoms with Crippen molar-refractivity contribution in [1.29, 1.82) is 0 Å².